The fraction of sp³-hybridized carbons (Fsp3) is 0.409. The Hall–Kier alpha value is -2.96. The van der Waals surface area contributed by atoms with Crippen LogP contribution in [0.5, 0.6) is 5.75 Å². The molecule has 12 heteroatoms. The van der Waals surface area contributed by atoms with Gasteiger partial charge in [-0.1, -0.05) is 23.1 Å². The number of carbonyl (C=O) groups is 2. The molecule has 2 N–H and O–H groups in total. The van der Waals surface area contributed by atoms with Crippen LogP contribution < -0.4 is 5.32 Å². The Morgan fingerprint density at radius 1 is 1.32 bits per heavy atom. The third kappa shape index (κ3) is 5.75. The van der Waals surface area contributed by atoms with Crippen molar-refractivity contribution in [2.75, 3.05) is 24.3 Å². The Balaban J connectivity index is 1.45. The van der Waals surface area contributed by atoms with E-state index in [1.165, 1.54) is 11.8 Å². The van der Waals surface area contributed by atoms with E-state index in [1.807, 2.05) is 4.57 Å². The van der Waals surface area contributed by atoms with Crippen LogP contribution in [0.25, 0.3) is 11.4 Å². The number of esters is 1. The van der Waals surface area contributed by atoms with E-state index in [0.717, 1.165) is 36.3 Å². The van der Waals surface area contributed by atoms with Crippen LogP contribution in [0, 0.1) is 6.92 Å². The lowest BCUT2D eigenvalue weighted by molar-refractivity contribution is -0.113. The lowest BCUT2D eigenvalue weighted by Crippen LogP contribution is -2.18. The second kappa shape index (κ2) is 11.0. The van der Waals surface area contributed by atoms with Gasteiger partial charge in [0, 0.05) is 12.2 Å². The number of benzene rings is 1. The van der Waals surface area contributed by atoms with Crippen molar-refractivity contribution in [2.24, 2.45) is 0 Å². The molecule has 180 valence electrons. The molecule has 0 unspecified atom stereocenters. The Morgan fingerprint density at radius 3 is 2.82 bits per heavy atom. The van der Waals surface area contributed by atoms with E-state index in [9.17, 15) is 14.7 Å². The fourth-order valence-electron chi connectivity index (χ4n) is 3.50. The zero-order valence-corrected chi connectivity index (χ0v) is 20.4. The zero-order chi connectivity index (χ0) is 24.1. The minimum atomic E-state index is -0.448. The predicted molar refractivity (Wildman–Crippen MR) is 128 cm³/mol. The number of phenolic OH excluding ortho intramolecular Hbond substituents is 1. The summed E-state index contributed by atoms with van der Waals surface area (Å²) < 4.78 is 12.8. The average Bonchev–Trinajstić information content (AvgIpc) is 3.54. The monoisotopic (exact) mass is 503 g/mol. The molecule has 34 heavy (non-hydrogen) atoms. The Bertz CT molecular complexity index is 1160. The van der Waals surface area contributed by atoms with Gasteiger partial charge in [0.15, 0.2) is 16.1 Å². The van der Waals surface area contributed by atoms with Crippen molar-refractivity contribution >= 4 is 40.1 Å². The van der Waals surface area contributed by atoms with Crippen LogP contribution in [0.3, 0.4) is 0 Å². The lowest BCUT2D eigenvalue weighted by Gasteiger charge is -2.14. The highest BCUT2D eigenvalue weighted by Gasteiger charge is 2.23. The molecule has 1 fully saturated rings. The highest BCUT2D eigenvalue weighted by molar-refractivity contribution is 7.99. The van der Waals surface area contributed by atoms with Crippen molar-refractivity contribution < 1.29 is 24.2 Å². The number of aromatic nitrogens is 4. The van der Waals surface area contributed by atoms with Gasteiger partial charge in [-0.15, -0.1) is 10.2 Å². The number of hydrogen-bond donors (Lipinski definition) is 2. The van der Waals surface area contributed by atoms with Gasteiger partial charge in [0.25, 0.3) is 0 Å². The molecule has 1 aliphatic heterocycles. The van der Waals surface area contributed by atoms with Gasteiger partial charge in [0.1, 0.15) is 10.6 Å². The number of hydrogen-bond acceptors (Lipinski definition) is 10. The maximum atomic E-state index is 12.6. The molecule has 1 aromatic carbocycles. The molecule has 1 aliphatic rings. The molecule has 3 aromatic rings. The summed E-state index contributed by atoms with van der Waals surface area (Å²) in [5, 5.41) is 21.9. The highest BCUT2D eigenvalue weighted by Crippen LogP contribution is 2.28. The number of anilines is 1. The van der Waals surface area contributed by atoms with Crippen LogP contribution in [0.4, 0.5) is 5.13 Å². The second-order valence-corrected chi connectivity index (χ2v) is 9.53. The number of ether oxygens (including phenoxy) is 2. The molecule has 0 spiro atoms. The van der Waals surface area contributed by atoms with E-state index in [1.54, 1.807) is 38.1 Å². The van der Waals surface area contributed by atoms with Crippen molar-refractivity contribution in [3.8, 4) is 17.1 Å². The molecule has 0 aliphatic carbocycles. The smallest absolute Gasteiger partial charge is 0.350 e. The van der Waals surface area contributed by atoms with Crippen LogP contribution >= 0.6 is 23.1 Å². The third-order valence-electron chi connectivity index (χ3n) is 5.09. The minimum Gasteiger partial charge on any atom is -0.508 e. The quantitative estimate of drug-likeness (QED) is 0.333. The van der Waals surface area contributed by atoms with Gasteiger partial charge in [0.2, 0.25) is 5.91 Å². The summed E-state index contributed by atoms with van der Waals surface area (Å²) in [5.41, 5.74) is 1.32. The zero-order valence-electron chi connectivity index (χ0n) is 18.8. The van der Waals surface area contributed by atoms with E-state index in [0.29, 0.717) is 33.2 Å². The summed E-state index contributed by atoms with van der Waals surface area (Å²) in [6.07, 6.45) is 2.01. The number of amides is 1. The van der Waals surface area contributed by atoms with Crippen LogP contribution in [-0.2, 0) is 20.8 Å². The number of nitrogens with zero attached hydrogens (tertiary/aromatic N) is 4. The molecular weight excluding hydrogens is 478 g/mol. The molecular formula is C22H25N5O5S2. The highest BCUT2D eigenvalue weighted by atomic mass is 32.2. The second-order valence-electron chi connectivity index (χ2n) is 7.59. The number of phenols is 1. The summed E-state index contributed by atoms with van der Waals surface area (Å²) in [4.78, 5) is 29.2. The van der Waals surface area contributed by atoms with Crippen molar-refractivity contribution in [3.05, 3.63) is 34.8 Å². The molecule has 1 amide bonds. The van der Waals surface area contributed by atoms with Crippen LogP contribution in [-0.4, -0.2) is 61.8 Å². The Kier molecular flexibility index (Phi) is 7.80. The number of aryl methyl sites for hydroxylation is 1. The first kappa shape index (κ1) is 24.2. The van der Waals surface area contributed by atoms with Crippen LogP contribution in [0.1, 0.15) is 35.1 Å². The lowest BCUT2D eigenvalue weighted by atomic mass is 10.2. The first-order chi connectivity index (χ1) is 16.4. The van der Waals surface area contributed by atoms with Crippen molar-refractivity contribution in [1.82, 2.24) is 19.7 Å². The van der Waals surface area contributed by atoms with Crippen molar-refractivity contribution in [1.29, 1.82) is 0 Å². The number of thioether (sulfide) groups is 1. The molecule has 0 radical (unpaired) electrons. The van der Waals surface area contributed by atoms with Gasteiger partial charge in [-0.3, -0.25) is 9.36 Å². The van der Waals surface area contributed by atoms with Gasteiger partial charge in [0.05, 0.1) is 30.7 Å². The summed E-state index contributed by atoms with van der Waals surface area (Å²) in [7, 11) is 0. The van der Waals surface area contributed by atoms with E-state index >= 15 is 0 Å². The summed E-state index contributed by atoms with van der Waals surface area (Å²) >= 11 is 2.35. The predicted octanol–water partition coefficient (Wildman–Crippen LogP) is 3.50. The molecule has 1 atom stereocenters. The summed E-state index contributed by atoms with van der Waals surface area (Å²) in [6, 6.07) is 6.75. The Morgan fingerprint density at radius 2 is 2.12 bits per heavy atom. The Labute approximate surface area is 204 Å². The summed E-state index contributed by atoms with van der Waals surface area (Å²) in [5.74, 6) is 0.187. The molecule has 10 nitrogen and oxygen atoms in total. The van der Waals surface area contributed by atoms with Crippen molar-refractivity contribution in [3.63, 3.8) is 0 Å². The maximum absolute atomic E-state index is 12.6. The van der Waals surface area contributed by atoms with E-state index in [-0.39, 0.29) is 30.1 Å². The molecule has 0 saturated carbocycles. The molecule has 1 saturated heterocycles. The third-order valence-corrected chi connectivity index (χ3v) is 7.11. The van der Waals surface area contributed by atoms with Crippen LogP contribution in [0.2, 0.25) is 0 Å². The van der Waals surface area contributed by atoms with E-state index in [2.05, 4.69) is 20.5 Å². The first-order valence-electron chi connectivity index (χ1n) is 10.9. The maximum Gasteiger partial charge on any atom is 0.350 e. The number of carbonyl (C=O) groups excluding carboxylic acids is 2. The van der Waals surface area contributed by atoms with Gasteiger partial charge in [-0.05, 0) is 51.0 Å². The van der Waals surface area contributed by atoms with Crippen LogP contribution in [0.15, 0.2) is 29.4 Å². The van der Waals surface area contributed by atoms with Gasteiger partial charge < -0.3 is 19.9 Å². The topological polar surface area (TPSA) is 128 Å². The molecule has 4 rings (SSSR count). The minimum absolute atomic E-state index is 0.0552. The van der Waals surface area contributed by atoms with Crippen molar-refractivity contribution in [2.45, 2.75) is 44.5 Å². The average molecular weight is 504 g/mol. The first-order valence-corrected chi connectivity index (χ1v) is 12.7. The van der Waals surface area contributed by atoms with E-state index < -0.39 is 5.97 Å². The fourth-order valence-corrected chi connectivity index (χ4v) is 5.12. The van der Waals surface area contributed by atoms with Gasteiger partial charge >= 0.3 is 5.97 Å². The van der Waals surface area contributed by atoms with E-state index in [4.69, 9.17) is 9.47 Å². The normalized spacial score (nSPS) is 15.4. The summed E-state index contributed by atoms with van der Waals surface area (Å²) in [6.45, 7) is 5.01. The standard InChI is InChI=1S/C22H25N5O5S2/c1-3-31-20(30)18-13(2)23-21(34-18)24-17(29)12-33-22-26-25-19(14-6-8-15(28)9-7-14)27(22)11-16-5-4-10-32-16/h6-9,16,28H,3-5,10-12H2,1-2H3,(H,23,24,29)/t16-/m0/s1. The number of rotatable bonds is 9. The largest absolute Gasteiger partial charge is 0.508 e. The SMILES string of the molecule is CCOC(=O)c1sc(NC(=O)CSc2nnc(-c3ccc(O)cc3)n2C[C@@H]2CCCO2)nc1C. The van der Waals surface area contributed by atoms with Gasteiger partial charge in [-0.2, -0.15) is 0 Å². The number of nitrogens with one attached hydrogen (secondary N) is 1. The van der Waals surface area contributed by atoms with Gasteiger partial charge in [-0.25, -0.2) is 9.78 Å². The molecule has 3 heterocycles. The number of thiazole rings is 1. The number of aromatic hydroxyl groups is 1. The molecule has 2 aromatic heterocycles. The molecule has 0 bridgehead atoms.